The summed E-state index contributed by atoms with van der Waals surface area (Å²) in [6.07, 6.45) is 0. The van der Waals surface area contributed by atoms with Gasteiger partial charge in [0.25, 0.3) is 0 Å². The van der Waals surface area contributed by atoms with Crippen molar-refractivity contribution in [2.24, 2.45) is 0 Å². The predicted molar refractivity (Wildman–Crippen MR) is 282 cm³/mol. The average Bonchev–Trinajstić information content (AvgIpc) is 3.66. The largest absolute Gasteiger partial charge is 0.228 e. The molecular weight excluding hydrogens is 839 g/mol. The van der Waals surface area contributed by atoms with Crippen LogP contribution in [0.3, 0.4) is 0 Å². The minimum absolute atomic E-state index is 0.143. The van der Waals surface area contributed by atoms with Gasteiger partial charge in [-0.3, -0.25) is 0 Å². The van der Waals surface area contributed by atoms with Gasteiger partial charge in [-0.05, 0) is 92.0 Å². The van der Waals surface area contributed by atoms with Crippen molar-refractivity contribution in [2.75, 3.05) is 0 Å². The van der Waals surface area contributed by atoms with Gasteiger partial charge in [0.1, 0.15) is 0 Å². The van der Waals surface area contributed by atoms with E-state index in [1.165, 1.54) is 22.3 Å². The lowest BCUT2D eigenvalue weighted by Crippen LogP contribution is -2.15. The summed E-state index contributed by atoms with van der Waals surface area (Å²) in [7, 11) is 0. The number of benzene rings is 9. The van der Waals surface area contributed by atoms with Crippen LogP contribution in [0.4, 0.5) is 0 Å². The zero-order valence-electron chi connectivity index (χ0n) is 38.3. The van der Waals surface area contributed by atoms with Crippen LogP contribution in [0.5, 0.6) is 0 Å². The molecule has 2 aromatic heterocycles. The molecule has 0 N–H and O–H groups in total. The van der Waals surface area contributed by atoms with Gasteiger partial charge in [-0.15, -0.1) is 0 Å². The maximum absolute atomic E-state index is 5.31. The first-order chi connectivity index (χ1) is 33.9. The SMILES string of the molecule is CC1(C)c2ccccc2-c2ccc(-c3nc(-c4ccccc4)cc(-c4cccc(-c5cccc(-c6nc(-c7cccc(-c8ccccc8)c7)nc(-c7cccc(-c8ccccc8)c7)n6)c5)c4)n3)cc21. The summed E-state index contributed by atoms with van der Waals surface area (Å²) in [6, 6.07) is 82.7. The van der Waals surface area contributed by atoms with Gasteiger partial charge in [-0.1, -0.05) is 214 Å². The molecule has 12 rings (SSSR count). The summed E-state index contributed by atoms with van der Waals surface area (Å²) in [4.78, 5) is 26.1. The van der Waals surface area contributed by atoms with Crippen molar-refractivity contribution in [1.82, 2.24) is 24.9 Å². The maximum atomic E-state index is 5.31. The van der Waals surface area contributed by atoms with Crippen LogP contribution in [-0.2, 0) is 5.41 Å². The second-order valence-electron chi connectivity index (χ2n) is 18.1. The van der Waals surface area contributed by atoms with Gasteiger partial charge >= 0.3 is 0 Å². The third-order valence-corrected chi connectivity index (χ3v) is 13.3. The van der Waals surface area contributed by atoms with E-state index in [1.54, 1.807) is 0 Å². The van der Waals surface area contributed by atoms with Gasteiger partial charge in [0, 0.05) is 38.8 Å². The summed E-state index contributed by atoms with van der Waals surface area (Å²) >= 11 is 0. The molecule has 2 heterocycles. The molecule has 9 aromatic carbocycles. The monoisotopic (exact) mass is 883 g/mol. The zero-order chi connectivity index (χ0) is 46.3. The second-order valence-corrected chi connectivity index (χ2v) is 18.1. The molecule has 326 valence electrons. The highest BCUT2D eigenvalue weighted by Crippen LogP contribution is 2.49. The molecule has 0 spiro atoms. The van der Waals surface area contributed by atoms with Crippen LogP contribution in [0.15, 0.2) is 237 Å². The lowest BCUT2D eigenvalue weighted by molar-refractivity contribution is 0.660. The number of rotatable bonds is 9. The molecule has 1 aliphatic rings. The van der Waals surface area contributed by atoms with E-state index in [-0.39, 0.29) is 5.41 Å². The second kappa shape index (κ2) is 17.4. The highest BCUT2D eigenvalue weighted by Gasteiger charge is 2.35. The molecule has 5 heteroatoms. The van der Waals surface area contributed by atoms with Crippen LogP contribution in [0.1, 0.15) is 25.0 Å². The van der Waals surface area contributed by atoms with Crippen molar-refractivity contribution in [1.29, 1.82) is 0 Å². The molecule has 5 nitrogen and oxygen atoms in total. The normalized spacial score (nSPS) is 12.3. The quantitative estimate of drug-likeness (QED) is 0.144. The standard InChI is InChI=1S/C64H45N5/c1-64(2)56-33-13-12-32-54(56)55-35-34-53(40-57(55)64)60-65-58(44-22-10-5-11-23-44)41-59(66-60)49-28-14-26-47(36-49)48-27-17-31-52(39-48)63-68-61(50-29-15-24-45(37-50)42-18-6-3-7-19-42)67-62(69-63)51-30-16-25-46(38-51)43-20-8-4-9-21-43/h3-41H,1-2H3. The summed E-state index contributed by atoms with van der Waals surface area (Å²) < 4.78 is 0. The molecule has 0 atom stereocenters. The van der Waals surface area contributed by atoms with Crippen molar-refractivity contribution in [3.8, 4) is 113 Å². The fourth-order valence-corrected chi connectivity index (χ4v) is 9.72. The van der Waals surface area contributed by atoms with E-state index in [1.807, 2.05) is 18.2 Å². The third kappa shape index (κ3) is 8.00. The number of hydrogen-bond donors (Lipinski definition) is 0. The Morgan fingerprint density at radius 3 is 1.10 bits per heavy atom. The molecule has 0 saturated heterocycles. The van der Waals surface area contributed by atoms with Crippen LogP contribution in [0.2, 0.25) is 0 Å². The van der Waals surface area contributed by atoms with Crippen molar-refractivity contribution < 1.29 is 0 Å². The average molecular weight is 884 g/mol. The number of hydrogen-bond acceptors (Lipinski definition) is 5. The van der Waals surface area contributed by atoms with E-state index in [9.17, 15) is 0 Å². The van der Waals surface area contributed by atoms with Gasteiger partial charge in [-0.2, -0.15) is 0 Å². The lowest BCUT2D eigenvalue weighted by atomic mass is 9.82. The van der Waals surface area contributed by atoms with Crippen LogP contribution in [-0.4, -0.2) is 24.9 Å². The first-order valence-corrected chi connectivity index (χ1v) is 23.4. The van der Waals surface area contributed by atoms with Crippen LogP contribution in [0, 0.1) is 0 Å². The van der Waals surface area contributed by atoms with Crippen molar-refractivity contribution >= 4 is 0 Å². The molecule has 0 saturated carbocycles. The Kier molecular flexibility index (Phi) is 10.4. The summed E-state index contributed by atoms with van der Waals surface area (Å²) in [6.45, 7) is 4.62. The van der Waals surface area contributed by atoms with Gasteiger partial charge < -0.3 is 0 Å². The molecular formula is C64H45N5. The van der Waals surface area contributed by atoms with Crippen molar-refractivity contribution in [3.63, 3.8) is 0 Å². The van der Waals surface area contributed by atoms with Crippen LogP contribution in [0.25, 0.3) is 113 Å². The van der Waals surface area contributed by atoms with E-state index >= 15 is 0 Å². The summed E-state index contributed by atoms with van der Waals surface area (Å²) in [5.74, 6) is 2.50. The first kappa shape index (κ1) is 41.5. The van der Waals surface area contributed by atoms with E-state index in [4.69, 9.17) is 24.9 Å². The minimum Gasteiger partial charge on any atom is -0.228 e. The van der Waals surface area contributed by atoms with E-state index < -0.39 is 0 Å². The van der Waals surface area contributed by atoms with E-state index in [2.05, 4.69) is 232 Å². The summed E-state index contributed by atoms with van der Waals surface area (Å²) in [5, 5.41) is 0. The lowest BCUT2D eigenvalue weighted by Gasteiger charge is -2.21. The molecule has 1 aliphatic carbocycles. The topological polar surface area (TPSA) is 64.5 Å². The molecule has 0 amide bonds. The number of fused-ring (bicyclic) bond motifs is 3. The Balaban J connectivity index is 0.943. The van der Waals surface area contributed by atoms with E-state index in [0.717, 1.165) is 78.1 Å². The molecule has 0 radical (unpaired) electrons. The van der Waals surface area contributed by atoms with Crippen molar-refractivity contribution in [3.05, 3.63) is 248 Å². The summed E-state index contributed by atoms with van der Waals surface area (Å²) in [5.41, 5.74) is 19.1. The van der Waals surface area contributed by atoms with Crippen molar-refractivity contribution in [2.45, 2.75) is 19.3 Å². The van der Waals surface area contributed by atoms with Gasteiger partial charge in [0.05, 0.1) is 11.4 Å². The Morgan fingerprint density at radius 2 is 0.580 bits per heavy atom. The Labute approximate surface area is 402 Å². The smallest absolute Gasteiger partial charge is 0.164 e. The van der Waals surface area contributed by atoms with Gasteiger partial charge in [-0.25, -0.2) is 24.9 Å². The number of nitrogens with zero attached hydrogens (tertiary/aromatic N) is 5. The van der Waals surface area contributed by atoms with Gasteiger partial charge in [0.2, 0.25) is 0 Å². The van der Waals surface area contributed by atoms with Crippen LogP contribution < -0.4 is 0 Å². The first-order valence-electron chi connectivity index (χ1n) is 23.4. The minimum atomic E-state index is -0.143. The highest BCUT2D eigenvalue weighted by molar-refractivity contribution is 5.84. The number of aromatic nitrogens is 5. The van der Waals surface area contributed by atoms with Crippen LogP contribution >= 0.6 is 0 Å². The maximum Gasteiger partial charge on any atom is 0.164 e. The Hall–Kier alpha value is -8.93. The van der Waals surface area contributed by atoms with E-state index in [0.29, 0.717) is 23.3 Å². The third-order valence-electron chi connectivity index (χ3n) is 13.3. The Bertz CT molecular complexity index is 3590. The van der Waals surface area contributed by atoms with Gasteiger partial charge in [0.15, 0.2) is 23.3 Å². The molecule has 0 fully saturated rings. The highest BCUT2D eigenvalue weighted by atomic mass is 15.0. The predicted octanol–water partition coefficient (Wildman–Crippen LogP) is 16.0. The fourth-order valence-electron chi connectivity index (χ4n) is 9.72. The molecule has 69 heavy (non-hydrogen) atoms. The molecule has 11 aromatic rings. The fraction of sp³-hybridized carbons (Fsp3) is 0.0469. The molecule has 0 aliphatic heterocycles. The zero-order valence-corrected chi connectivity index (χ0v) is 38.3. The molecule has 0 unspecified atom stereocenters. The molecule has 0 bridgehead atoms. The Morgan fingerprint density at radius 1 is 0.232 bits per heavy atom.